The van der Waals surface area contributed by atoms with Crippen molar-refractivity contribution in [1.82, 2.24) is 4.90 Å². The number of nitrogens with zero attached hydrogens (tertiary/aromatic N) is 1. The minimum atomic E-state index is -0.310. The fourth-order valence-corrected chi connectivity index (χ4v) is 3.35. The third-order valence-corrected chi connectivity index (χ3v) is 3.81. The number of carbonyl (C=O) groups is 1. The van der Waals surface area contributed by atoms with Gasteiger partial charge in [0.15, 0.2) is 0 Å². The molecule has 0 aromatic carbocycles. The maximum Gasteiger partial charge on any atom is 0.330 e. The Morgan fingerprint density at radius 2 is 1.83 bits per heavy atom. The number of likely N-dealkylation sites (tertiary alicyclic amines) is 1. The van der Waals surface area contributed by atoms with E-state index in [1.54, 1.807) is 0 Å². The van der Waals surface area contributed by atoms with Gasteiger partial charge in [-0.1, -0.05) is 13.5 Å². The predicted octanol–water partition coefficient (Wildman–Crippen LogP) is 3.15. The summed E-state index contributed by atoms with van der Waals surface area (Å²) in [6.45, 7) is 15.7. The van der Waals surface area contributed by atoms with Crippen LogP contribution in [0.25, 0.3) is 0 Å². The van der Waals surface area contributed by atoms with Gasteiger partial charge in [-0.05, 0) is 40.7 Å². The molecule has 0 amide bonds. The molecule has 1 aliphatic rings. The lowest BCUT2D eigenvalue weighted by molar-refractivity contribution is -0.154. The lowest BCUT2D eigenvalue weighted by Crippen LogP contribution is -2.62. The number of carbonyl (C=O) groups excluding carboxylic acids is 1. The molecule has 1 aliphatic heterocycles. The molecule has 0 atom stereocenters. The van der Waals surface area contributed by atoms with Gasteiger partial charge < -0.3 is 4.74 Å². The average molecular weight is 253 g/mol. The Kier molecular flexibility index (Phi) is 4.60. The minimum absolute atomic E-state index is 0.00592. The van der Waals surface area contributed by atoms with E-state index < -0.39 is 0 Å². The van der Waals surface area contributed by atoms with E-state index in [-0.39, 0.29) is 23.2 Å². The van der Waals surface area contributed by atoms with E-state index in [1.807, 2.05) is 0 Å². The molecular formula is C15H27NO2. The standard InChI is InChI=1S/C15H27NO2/c1-7-9-16-14(3,4)10-12(11-15(16,5)6)18-13(17)8-2/h8,12H,2,7,9-11H2,1,3-6H3. The monoisotopic (exact) mass is 253 g/mol. The van der Waals surface area contributed by atoms with Gasteiger partial charge in [-0.2, -0.15) is 0 Å². The van der Waals surface area contributed by atoms with E-state index >= 15 is 0 Å². The maximum absolute atomic E-state index is 11.4. The van der Waals surface area contributed by atoms with Crippen LogP contribution in [0.3, 0.4) is 0 Å². The summed E-state index contributed by atoms with van der Waals surface area (Å²) in [5.74, 6) is -0.310. The third-order valence-electron chi connectivity index (χ3n) is 3.81. The number of rotatable bonds is 4. The second kappa shape index (κ2) is 5.43. The van der Waals surface area contributed by atoms with Gasteiger partial charge in [-0.25, -0.2) is 4.79 Å². The van der Waals surface area contributed by atoms with Crippen molar-refractivity contribution in [3.8, 4) is 0 Å². The van der Waals surface area contributed by atoms with Crippen LogP contribution in [-0.2, 0) is 9.53 Å². The Labute approximate surface area is 111 Å². The van der Waals surface area contributed by atoms with E-state index in [0.717, 1.165) is 25.8 Å². The van der Waals surface area contributed by atoms with Gasteiger partial charge in [0.1, 0.15) is 6.10 Å². The molecule has 1 saturated heterocycles. The SMILES string of the molecule is C=CC(=O)OC1CC(C)(C)N(CCC)C(C)(C)C1. The largest absolute Gasteiger partial charge is 0.459 e. The summed E-state index contributed by atoms with van der Waals surface area (Å²) in [6.07, 6.45) is 4.16. The normalized spacial score (nSPS) is 23.6. The predicted molar refractivity (Wildman–Crippen MR) is 74.5 cm³/mol. The van der Waals surface area contributed by atoms with Crippen molar-refractivity contribution < 1.29 is 9.53 Å². The van der Waals surface area contributed by atoms with Gasteiger partial charge in [0, 0.05) is 30.0 Å². The molecule has 0 spiro atoms. The first-order valence-electron chi connectivity index (χ1n) is 6.84. The van der Waals surface area contributed by atoms with E-state index in [2.05, 4.69) is 46.1 Å². The molecule has 0 aliphatic carbocycles. The molecule has 18 heavy (non-hydrogen) atoms. The fourth-order valence-electron chi connectivity index (χ4n) is 3.35. The Morgan fingerprint density at radius 3 is 2.22 bits per heavy atom. The van der Waals surface area contributed by atoms with Crippen molar-refractivity contribution in [2.24, 2.45) is 0 Å². The Morgan fingerprint density at radius 1 is 1.33 bits per heavy atom. The van der Waals surface area contributed by atoms with Gasteiger partial charge in [-0.3, -0.25) is 4.90 Å². The highest BCUT2D eigenvalue weighted by Crippen LogP contribution is 2.39. The molecular weight excluding hydrogens is 226 g/mol. The van der Waals surface area contributed by atoms with Crippen molar-refractivity contribution >= 4 is 5.97 Å². The van der Waals surface area contributed by atoms with Crippen LogP contribution in [0.4, 0.5) is 0 Å². The molecule has 1 rings (SSSR count). The molecule has 0 aromatic heterocycles. The summed E-state index contributed by atoms with van der Waals surface area (Å²) in [7, 11) is 0. The summed E-state index contributed by atoms with van der Waals surface area (Å²) in [5.41, 5.74) is 0.119. The molecule has 3 nitrogen and oxygen atoms in total. The second-order valence-corrected chi connectivity index (χ2v) is 6.45. The minimum Gasteiger partial charge on any atom is -0.459 e. The summed E-state index contributed by atoms with van der Waals surface area (Å²) >= 11 is 0. The molecule has 0 unspecified atom stereocenters. The lowest BCUT2D eigenvalue weighted by atomic mass is 9.78. The zero-order valence-corrected chi connectivity index (χ0v) is 12.5. The average Bonchev–Trinajstić information content (AvgIpc) is 2.22. The van der Waals surface area contributed by atoms with Crippen LogP contribution >= 0.6 is 0 Å². The maximum atomic E-state index is 11.4. The van der Waals surface area contributed by atoms with Gasteiger partial charge in [-0.15, -0.1) is 0 Å². The molecule has 0 radical (unpaired) electrons. The van der Waals surface area contributed by atoms with Crippen LogP contribution in [0.1, 0.15) is 53.9 Å². The van der Waals surface area contributed by atoms with Gasteiger partial charge in [0.25, 0.3) is 0 Å². The quantitative estimate of drug-likeness (QED) is 0.569. The van der Waals surface area contributed by atoms with E-state index in [1.165, 1.54) is 6.08 Å². The van der Waals surface area contributed by atoms with Gasteiger partial charge >= 0.3 is 5.97 Å². The second-order valence-electron chi connectivity index (χ2n) is 6.45. The lowest BCUT2D eigenvalue weighted by Gasteiger charge is -2.55. The van der Waals surface area contributed by atoms with Crippen LogP contribution < -0.4 is 0 Å². The molecule has 1 fully saturated rings. The first-order chi connectivity index (χ1) is 8.23. The first kappa shape index (κ1) is 15.2. The van der Waals surface area contributed by atoms with E-state index in [9.17, 15) is 4.79 Å². The summed E-state index contributed by atoms with van der Waals surface area (Å²) in [5, 5.41) is 0. The van der Waals surface area contributed by atoms with Gasteiger partial charge in [0.05, 0.1) is 0 Å². The van der Waals surface area contributed by atoms with Crippen molar-refractivity contribution in [1.29, 1.82) is 0 Å². The first-order valence-corrected chi connectivity index (χ1v) is 6.84. The molecule has 0 N–H and O–H groups in total. The number of hydrogen-bond donors (Lipinski definition) is 0. The molecule has 0 saturated carbocycles. The van der Waals surface area contributed by atoms with Crippen LogP contribution in [-0.4, -0.2) is 34.6 Å². The smallest absolute Gasteiger partial charge is 0.330 e. The molecule has 0 bridgehead atoms. The van der Waals surface area contributed by atoms with Crippen molar-refractivity contribution in [2.75, 3.05) is 6.54 Å². The number of hydrogen-bond acceptors (Lipinski definition) is 3. The molecule has 3 heteroatoms. The van der Waals surface area contributed by atoms with Gasteiger partial charge in [0.2, 0.25) is 0 Å². The van der Waals surface area contributed by atoms with E-state index in [4.69, 9.17) is 4.74 Å². The third kappa shape index (κ3) is 3.35. The zero-order chi connectivity index (χ0) is 14.0. The van der Waals surface area contributed by atoms with E-state index in [0.29, 0.717) is 0 Å². The highest BCUT2D eigenvalue weighted by Gasteiger charge is 2.45. The number of ether oxygens (including phenoxy) is 1. The number of piperidine rings is 1. The van der Waals surface area contributed by atoms with Crippen LogP contribution in [0.5, 0.6) is 0 Å². The summed E-state index contributed by atoms with van der Waals surface area (Å²) < 4.78 is 5.45. The molecule has 104 valence electrons. The summed E-state index contributed by atoms with van der Waals surface area (Å²) in [4.78, 5) is 13.9. The van der Waals surface area contributed by atoms with Crippen molar-refractivity contribution in [2.45, 2.75) is 71.1 Å². The zero-order valence-electron chi connectivity index (χ0n) is 12.5. The van der Waals surface area contributed by atoms with Crippen LogP contribution in [0.2, 0.25) is 0 Å². The summed E-state index contributed by atoms with van der Waals surface area (Å²) in [6, 6.07) is 0. The Bertz CT molecular complexity index is 302. The van der Waals surface area contributed by atoms with Crippen molar-refractivity contribution in [3.63, 3.8) is 0 Å². The Balaban J connectivity index is 2.83. The van der Waals surface area contributed by atoms with Crippen LogP contribution in [0.15, 0.2) is 12.7 Å². The van der Waals surface area contributed by atoms with Crippen molar-refractivity contribution in [3.05, 3.63) is 12.7 Å². The number of esters is 1. The highest BCUT2D eigenvalue weighted by molar-refractivity contribution is 5.81. The fraction of sp³-hybridized carbons (Fsp3) is 0.800. The highest BCUT2D eigenvalue weighted by atomic mass is 16.5. The molecule has 1 heterocycles. The topological polar surface area (TPSA) is 29.5 Å². The molecule has 0 aromatic rings. The Hall–Kier alpha value is -0.830. The van der Waals surface area contributed by atoms with Crippen LogP contribution in [0, 0.1) is 0 Å².